The largest absolute Gasteiger partial charge is 0.357 e. The molecule has 0 bridgehead atoms. The van der Waals surface area contributed by atoms with Gasteiger partial charge in [-0.1, -0.05) is 0 Å². The van der Waals surface area contributed by atoms with E-state index in [1.807, 2.05) is 17.5 Å². The van der Waals surface area contributed by atoms with Crippen molar-refractivity contribution in [1.29, 1.82) is 0 Å². The number of aryl methyl sites for hydroxylation is 4. The van der Waals surface area contributed by atoms with Gasteiger partial charge in [0.2, 0.25) is 0 Å². The molecule has 0 fully saturated rings. The minimum Gasteiger partial charge on any atom is -0.357 e. The highest BCUT2D eigenvalue weighted by Crippen LogP contribution is 2.27. The average Bonchev–Trinajstić information content (AvgIpc) is 3.21. The maximum atomic E-state index is 4.82. The van der Waals surface area contributed by atoms with Crippen LogP contribution in [0.2, 0.25) is 0 Å². The van der Waals surface area contributed by atoms with Crippen molar-refractivity contribution in [1.82, 2.24) is 20.6 Å². The summed E-state index contributed by atoms with van der Waals surface area (Å²) in [4.78, 5) is 16.6. The lowest BCUT2D eigenvalue weighted by Gasteiger charge is -2.10. The van der Waals surface area contributed by atoms with Gasteiger partial charge in [-0.05, 0) is 46.0 Å². The molecular weight excluding hydrogens is 477 g/mol. The van der Waals surface area contributed by atoms with Crippen molar-refractivity contribution >= 4 is 52.6 Å². The van der Waals surface area contributed by atoms with E-state index in [9.17, 15) is 0 Å². The second-order valence-corrected chi connectivity index (χ2v) is 8.76. The molecule has 2 aromatic rings. The molecule has 0 radical (unpaired) electrons. The van der Waals surface area contributed by atoms with Crippen LogP contribution in [-0.4, -0.2) is 29.0 Å². The summed E-state index contributed by atoms with van der Waals surface area (Å²) in [5, 5.41) is 9.08. The molecule has 1 aliphatic carbocycles. The van der Waals surface area contributed by atoms with Crippen molar-refractivity contribution in [3.63, 3.8) is 0 Å². The van der Waals surface area contributed by atoms with E-state index in [0.29, 0.717) is 6.54 Å². The third-order valence-electron chi connectivity index (χ3n) is 4.14. The Bertz CT molecular complexity index is 687. The van der Waals surface area contributed by atoms with E-state index in [1.54, 1.807) is 11.3 Å². The molecule has 8 heteroatoms. The minimum atomic E-state index is 0. The third kappa shape index (κ3) is 6.45. The summed E-state index contributed by atoms with van der Waals surface area (Å²) < 4.78 is 0. The first-order valence-corrected chi connectivity index (χ1v) is 10.8. The fraction of sp³-hybridized carbons (Fsp3) is 0.611. The maximum Gasteiger partial charge on any atom is 0.191 e. The number of aromatic nitrogens is 2. The summed E-state index contributed by atoms with van der Waals surface area (Å²) in [6.07, 6.45) is 9.08. The zero-order chi connectivity index (χ0) is 17.5. The molecule has 0 unspecified atom stereocenters. The number of halogens is 1. The molecule has 0 saturated heterocycles. The van der Waals surface area contributed by atoms with Gasteiger partial charge in [-0.25, -0.2) is 15.0 Å². The van der Waals surface area contributed by atoms with Crippen molar-refractivity contribution in [2.24, 2.45) is 4.99 Å². The van der Waals surface area contributed by atoms with Crippen LogP contribution < -0.4 is 10.6 Å². The number of thiazole rings is 2. The van der Waals surface area contributed by atoms with E-state index >= 15 is 0 Å². The van der Waals surface area contributed by atoms with Gasteiger partial charge in [-0.15, -0.1) is 46.7 Å². The van der Waals surface area contributed by atoms with Gasteiger partial charge < -0.3 is 10.6 Å². The molecule has 0 spiro atoms. The smallest absolute Gasteiger partial charge is 0.191 e. The van der Waals surface area contributed by atoms with E-state index in [-0.39, 0.29) is 24.0 Å². The predicted octanol–water partition coefficient (Wildman–Crippen LogP) is 4.09. The first-order valence-electron chi connectivity index (χ1n) is 9.15. The van der Waals surface area contributed by atoms with Crippen LogP contribution in [0.4, 0.5) is 0 Å². The van der Waals surface area contributed by atoms with Crippen LogP contribution in [0.1, 0.15) is 51.6 Å². The van der Waals surface area contributed by atoms with Crippen molar-refractivity contribution in [3.05, 3.63) is 31.7 Å². The quantitative estimate of drug-likeness (QED) is 0.258. The molecule has 2 N–H and O–H groups in total. The van der Waals surface area contributed by atoms with Gasteiger partial charge in [-0.2, -0.15) is 0 Å². The summed E-state index contributed by atoms with van der Waals surface area (Å²) in [7, 11) is 0. The third-order valence-corrected chi connectivity index (χ3v) is 6.25. The highest BCUT2D eigenvalue weighted by atomic mass is 127. The van der Waals surface area contributed by atoms with Crippen molar-refractivity contribution in [2.75, 3.05) is 13.1 Å². The van der Waals surface area contributed by atoms with Crippen LogP contribution in [0.3, 0.4) is 0 Å². The molecular formula is C18H28IN5S2. The molecule has 144 valence electrons. The molecule has 0 saturated carbocycles. The highest BCUT2D eigenvalue weighted by molar-refractivity contribution is 14.0. The minimum absolute atomic E-state index is 0. The number of fused-ring (bicyclic) bond motifs is 1. The molecule has 0 atom stereocenters. The maximum absolute atomic E-state index is 4.82. The first-order chi connectivity index (χ1) is 12.2. The lowest BCUT2D eigenvalue weighted by molar-refractivity contribution is 0.678. The molecule has 5 nitrogen and oxygen atoms in total. The fourth-order valence-corrected chi connectivity index (χ4v) is 4.83. The SMILES string of the molecule is CCNC(=NCc1ncc(C)s1)NCCCc1nc2c(s1)CCCC2.I. The topological polar surface area (TPSA) is 62.2 Å². The zero-order valence-electron chi connectivity index (χ0n) is 15.5. The van der Waals surface area contributed by atoms with E-state index in [1.165, 1.54) is 46.1 Å². The Morgan fingerprint density at radius 2 is 2.04 bits per heavy atom. The lowest BCUT2D eigenvalue weighted by Crippen LogP contribution is -2.37. The first kappa shape index (κ1) is 21.6. The van der Waals surface area contributed by atoms with Gasteiger partial charge in [0.15, 0.2) is 5.96 Å². The second kappa shape index (κ2) is 11.2. The van der Waals surface area contributed by atoms with E-state index in [2.05, 4.69) is 34.5 Å². The average molecular weight is 505 g/mol. The second-order valence-electron chi connectivity index (χ2n) is 6.27. The molecule has 3 rings (SSSR count). The lowest BCUT2D eigenvalue weighted by atomic mass is 10.0. The Labute approximate surface area is 181 Å². The van der Waals surface area contributed by atoms with Crippen LogP contribution in [0.5, 0.6) is 0 Å². The predicted molar refractivity (Wildman–Crippen MR) is 122 cm³/mol. The Kier molecular flexibility index (Phi) is 9.27. The van der Waals surface area contributed by atoms with Gasteiger partial charge in [0.05, 0.1) is 17.2 Å². The van der Waals surface area contributed by atoms with Gasteiger partial charge >= 0.3 is 0 Å². The summed E-state index contributed by atoms with van der Waals surface area (Å²) in [5.41, 5.74) is 1.37. The van der Waals surface area contributed by atoms with Crippen LogP contribution in [0.15, 0.2) is 11.2 Å². The van der Waals surface area contributed by atoms with E-state index < -0.39 is 0 Å². The molecule has 0 aromatic carbocycles. The van der Waals surface area contributed by atoms with Crippen LogP contribution in [0, 0.1) is 6.92 Å². The molecule has 0 amide bonds. The Hall–Kier alpha value is -0.740. The van der Waals surface area contributed by atoms with E-state index in [0.717, 1.165) is 36.9 Å². The van der Waals surface area contributed by atoms with Gasteiger partial charge in [0, 0.05) is 35.5 Å². The van der Waals surface area contributed by atoms with Crippen molar-refractivity contribution in [3.8, 4) is 0 Å². The van der Waals surface area contributed by atoms with Crippen LogP contribution >= 0.6 is 46.7 Å². The van der Waals surface area contributed by atoms with Gasteiger partial charge in [-0.3, -0.25) is 0 Å². The molecule has 26 heavy (non-hydrogen) atoms. The number of aliphatic imine (C=N–C) groups is 1. The van der Waals surface area contributed by atoms with Gasteiger partial charge in [0.25, 0.3) is 0 Å². The number of hydrogen-bond donors (Lipinski definition) is 2. The molecule has 0 aliphatic heterocycles. The standard InChI is InChI=1S/C18H27N5S2.HI/c1-3-19-18(22-12-17-21-11-13(2)24-17)20-10-6-9-16-23-14-7-4-5-8-15(14)25-16;/h11H,3-10,12H2,1-2H3,(H2,19,20,22);1H. The Morgan fingerprint density at radius 3 is 2.77 bits per heavy atom. The summed E-state index contributed by atoms with van der Waals surface area (Å²) >= 11 is 3.63. The number of hydrogen-bond acceptors (Lipinski definition) is 5. The Morgan fingerprint density at radius 1 is 1.19 bits per heavy atom. The van der Waals surface area contributed by atoms with Gasteiger partial charge in [0.1, 0.15) is 5.01 Å². The van der Waals surface area contributed by atoms with Crippen LogP contribution in [-0.2, 0) is 25.8 Å². The summed E-state index contributed by atoms with van der Waals surface area (Å²) in [5.74, 6) is 0.869. The molecule has 1 aliphatic rings. The fourth-order valence-electron chi connectivity index (χ4n) is 2.92. The molecule has 2 heterocycles. The Balaban J connectivity index is 0.00000243. The van der Waals surface area contributed by atoms with Crippen molar-refractivity contribution < 1.29 is 0 Å². The summed E-state index contributed by atoms with van der Waals surface area (Å²) in [6, 6.07) is 0. The highest BCUT2D eigenvalue weighted by Gasteiger charge is 2.14. The number of rotatable bonds is 7. The number of nitrogens with one attached hydrogen (secondary N) is 2. The summed E-state index contributed by atoms with van der Waals surface area (Å²) in [6.45, 7) is 6.57. The van der Waals surface area contributed by atoms with E-state index in [4.69, 9.17) is 4.98 Å². The zero-order valence-corrected chi connectivity index (χ0v) is 19.5. The normalized spacial score (nSPS) is 13.8. The number of nitrogens with zero attached hydrogens (tertiary/aromatic N) is 3. The monoisotopic (exact) mass is 505 g/mol. The molecule has 2 aromatic heterocycles. The van der Waals surface area contributed by atoms with Crippen molar-refractivity contribution in [2.45, 2.75) is 58.9 Å². The van der Waals surface area contributed by atoms with Crippen LogP contribution in [0.25, 0.3) is 0 Å². The number of guanidine groups is 1.